The molecule has 0 spiro atoms. The molecule has 1 saturated heterocycles. The number of nitrogens with one attached hydrogen (secondary N) is 1. The molecule has 0 radical (unpaired) electrons. The molecular weight excluding hydrogens is 212 g/mol. The predicted molar refractivity (Wildman–Crippen MR) is 69.2 cm³/mol. The second-order valence-electron chi connectivity index (χ2n) is 4.49. The van der Waals surface area contributed by atoms with Crippen molar-refractivity contribution in [3.63, 3.8) is 0 Å². The summed E-state index contributed by atoms with van der Waals surface area (Å²) in [6.07, 6.45) is 3.06. The summed E-state index contributed by atoms with van der Waals surface area (Å²) in [7, 11) is 2.07. The molecule has 2 aromatic rings. The van der Waals surface area contributed by atoms with E-state index in [2.05, 4.69) is 27.2 Å². The Balaban J connectivity index is 1.94. The molecule has 1 aliphatic rings. The first kappa shape index (κ1) is 10.5. The van der Waals surface area contributed by atoms with Crippen LogP contribution in [0.1, 0.15) is 6.42 Å². The molecule has 1 aromatic carbocycles. The third-order valence-electron chi connectivity index (χ3n) is 3.37. The van der Waals surface area contributed by atoms with Gasteiger partial charge in [0.15, 0.2) is 0 Å². The molecule has 1 aromatic heterocycles. The van der Waals surface area contributed by atoms with Gasteiger partial charge in [-0.2, -0.15) is 0 Å². The van der Waals surface area contributed by atoms with Crippen molar-refractivity contribution < 1.29 is 0 Å². The molecule has 0 bridgehead atoms. The number of fused-ring (bicyclic) bond motifs is 1. The first-order chi connectivity index (χ1) is 8.34. The molecule has 0 saturated carbocycles. The summed E-state index contributed by atoms with van der Waals surface area (Å²) in [5.74, 6) is 0.817. The highest BCUT2D eigenvalue weighted by molar-refractivity contribution is 5.78. The van der Waals surface area contributed by atoms with E-state index in [1.54, 1.807) is 0 Å². The van der Waals surface area contributed by atoms with Crippen LogP contribution < -0.4 is 10.2 Å². The van der Waals surface area contributed by atoms with Gasteiger partial charge in [0.25, 0.3) is 0 Å². The molecular formula is C13H16N4. The van der Waals surface area contributed by atoms with Gasteiger partial charge in [-0.25, -0.2) is 9.97 Å². The summed E-state index contributed by atoms with van der Waals surface area (Å²) in [4.78, 5) is 11.2. The SMILES string of the molecule is CN(c1ncc2ccccc2n1)C1CCNC1. The Hall–Kier alpha value is -1.68. The van der Waals surface area contributed by atoms with Crippen molar-refractivity contribution in [1.29, 1.82) is 0 Å². The van der Waals surface area contributed by atoms with E-state index < -0.39 is 0 Å². The van der Waals surface area contributed by atoms with Gasteiger partial charge in [0, 0.05) is 31.2 Å². The van der Waals surface area contributed by atoms with Crippen LogP contribution in [0.25, 0.3) is 10.9 Å². The fourth-order valence-corrected chi connectivity index (χ4v) is 2.27. The van der Waals surface area contributed by atoms with Crippen molar-refractivity contribution in [3.05, 3.63) is 30.5 Å². The van der Waals surface area contributed by atoms with Crippen LogP contribution in [0.2, 0.25) is 0 Å². The zero-order chi connectivity index (χ0) is 11.7. The van der Waals surface area contributed by atoms with Crippen molar-refractivity contribution in [2.75, 3.05) is 25.0 Å². The Kier molecular flexibility index (Phi) is 2.65. The van der Waals surface area contributed by atoms with E-state index in [4.69, 9.17) is 0 Å². The number of hydrogen-bond donors (Lipinski definition) is 1. The highest BCUT2D eigenvalue weighted by Crippen LogP contribution is 2.17. The number of likely N-dealkylation sites (N-methyl/N-ethyl adjacent to an activating group) is 1. The molecule has 88 valence electrons. The summed E-state index contributed by atoms with van der Waals surface area (Å²) in [5, 5.41) is 4.45. The van der Waals surface area contributed by atoms with Gasteiger partial charge in [-0.15, -0.1) is 0 Å². The van der Waals surface area contributed by atoms with E-state index in [9.17, 15) is 0 Å². The number of rotatable bonds is 2. The maximum Gasteiger partial charge on any atom is 0.225 e. The Morgan fingerprint density at radius 3 is 3.06 bits per heavy atom. The van der Waals surface area contributed by atoms with Crippen molar-refractivity contribution in [2.45, 2.75) is 12.5 Å². The summed E-state index contributed by atoms with van der Waals surface area (Å²) in [6.45, 7) is 2.11. The van der Waals surface area contributed by atoms with E-state index >= 15 is 0 Å². The van der Waals surface area contributed by atoms with Crippen molar-refractivity contribution in [1.82, 2.24) is 15.3 Å². The third-order valence-corrected chi connectivity index (χ3v) is 3.37. The Morgan fingerprint density at radius 2 is 2.24 bits per heavy atom. The van der Waals surface area contributed by atoms with Gasteiger partial charge in [-0.05, 0) is 19.0 Å². The molecule has 0 aliphatic carbocycles. The van der Waals surface area contributed by atoms with Gasteiger partial charge in [0.05, 0.1) is 5.52 Å². The minimum atomic E-state index is 0.510. The molecule has 1 fully saturated rings. The van der Waals surface area contributed by atoms with Gasteiger partial charge < -0.3 is 10.2 Å². The largest absolute Gasteiger partial charge is 0.340 e. The molecule has 0 amide bonds. The van der Waals surface area contributed by atoms with E-state index in [0.717, 1.165) is 36.4 Å². The Labute approximate surface area is 101 Å². The number of aromatic nitrogens is 2. The van der Waals surface area contributed by atoms with Gasteiger partial charge >= 0.3 is 0 Å². The molecule has 1 aliphatic heterocycles. The summed E-state index contributed by atoms with van der Waals surface area (Å²) in [6, 6.07) is 8.60. The van der Waals surface area contributed by atoms with Crippen LogP contribution >= 0.6 is 0 Å². The third kappa shape index (κ3) is 1.96. The lowest BCUT2D eigenvalue weighted by atomic mass is 10.2. The monoisotopic (exact) mass is 228 g/mol. The zero-order valence-corrected chi connectivity index (χ0v) is 9.93. The lowest BCUT2D eigenvalue weighted by Gasteiger charge is -2.23. The van der Waals surface area contributed by atoms with Crippen LogP contribution in [0.5, 0.6) is 0 Å². The number of benzene rings is 1. The average molecular weight is 228 g/mol. The minimum absolute atomic E-state index is 0.510. The van der Waals surface area contributed by atoms with Crippen LogP contribution in [0, 0.1) is 0 Å². The Bertz CT molecular complexity index is 520. The maximum atomic E-state index is 4.61. The normalized spacial score (nSPS) is 19.7. The second-order valence-corrected chi connectivity index (χ2v) is 4.49. The highest BCUT2D eigenvalue weighted by atomic mass is 15.3. The topological polar surface area (TPSA) is 41.1 Å². The minimum Gasteiger partial charge on any atom is -0.340 e. The van der Waals surface area contributed by atoms with Crippen LogP contribution in [0.4, 0.5) is 5.95 Å². The number of anilines is 1. The van der Waals surface area contributed by atoms with Gasteiger partial charge in [0.1, 0.15) is 0 Å². The molecule has 4 heteroatoms. The van der Waals surface area contributed by atoms with Crippen molar-refractivity contribution in [3.8, 4) is 0 Å². The molecule has 3 rings (SSSR count). The van der Waals surface area contributed by atoms with Gasteiger partial charge in [-0.1, -0.05) is 18.2 Å². The number of para-hydroxylation sites is 1. The van der Waals surface area contributed by atoms with Crippen LogP contribution in [0.3, 0.4) is 0 Å². The van der Waals surface area contributed by atoms with Gasteiger partial charge in [0.2, 0.25) is 5.95 Å². The van der Waals surface area contributed by atoms with E-state index in [-0.39, 0.29) is 0 Å². The second kappa shape index (κ2) is 4.30. The van der Waals surface area contributed by atoms with Crippen LogP contribution in [-0.2, 0) is 0 Å². The molecule has 17 heavy (non-hydrogen) atoms. The van der Waals surface area contributed by atoms with Crippen molar-refractivity contribution >= 4 is 16.9 Å². The Morgan fingerprint density at radius 1 is 1.35 bits per heavy atom. The lowest BCUT2D eigenvalue weighted by Crippen LogP contribution is -2.34. The number of nitrogens with zero attached hydrogens (tertiary/aromatic N) is 3. The van der Waals surface area contributed by atoms with E-state index in [0.29, 0.717) is 6.04 Å². The molecule has 1 atom stereocenters. The standard InChI is InChI=1S/C13H16N4/c1-17(11-6-7-14-9-11)13-15-8-10-4-2-3-5-12(10)16-13/h2-5,8,11,14H,6-7,9H2,1H3. The van der Waals surface area contributed by atoms with Crippen molar-refractivity contribution in [2.24, 2.45) is 0 Å². The maximum absolute atomic E-state index is 4.61. The van der Waals surface area contributed by atoms with E-state index in [1.165, 1.54) is 0 Å². The quantitative estimate of drug-likeness (QED) is 0.844. The highest BCUT2D eigenvalue weighted by Gasteiger charge is 2.21. The number of hydrogen-bond acceptors (Lipinski definition) is 4. The van der Waals surface area contributed by atoms with Crippen LogP contribution in [-0.4, -0.2) is 36.1 Å². The van der Waals surface area contributed by atoms with Crippen LogP contribution in [0.15, 0.2) is 30.5 Å². The van der Waals surface area contributed by atoms with E-state index in [1.807, 2.05) is 30.5 Å². The molecule has 4 nitrogen and oxygen atoms in total. The molecule has 1 N–H and O–H groups in total. The zero-order valence-electron chi connectivity index (χ0n) is 9.93. The average Bonchev–Trinajstić information content (AvgIpc) is 2.91. The summed E-state index contributed by atoms with van der Waals surface area (Å²) >= 11 is 0. The fraction of sp³-hybridized carbons (Fsp3) is 0.385. The lowest BCUT2D eigenvalue weighted by molar-refractivity contribution is 0.670. The summed E-state index contributed by atoms with van der Waals surface area (Å²) < 4.78 is 0. The molecule has 1 unspecified atom stereocenters. The van der Waals surface area contributed by atoms with Gasteiger partial charge in [-0.3, -0.25) is 0 Å². The first-order valence-electron chi connectivity index (χ1n) is 6.00. The first-order valence-corrected chi connectivity index (χ1v) is 6.00. The smallest absolute Gasteiger partial charge is 0.225 e. The fourth-order valence-electron chi connectivity index (χ4n) is 2.27. The predicted octanol–water partition coefficient (Wildman–Crippen LogP) is 1.43. The summed E-state index contributed by atoms with van der Waals surface area (Å²) in [5.41, 5.74) is 1.01. The molecule has 2 heterocycles.